The highest BCUT2D eigenvalue weighted by Crippen LogP contribution is 2.19. The normalized spacial score (nSPS) is 13.4. The van der Waals surface area contributed by atoms with Gasteiger partial charge in [0.2, 0.25) is 5.91 Å². The topological polar surface area (TPSA) is 41.1 Å². The number of anilines is 1. The molecular weight excluding hydrogens is 296 g/mol. The number of nitrogens with one attached hydrogen (secondary N) is 2. The molecule has 3 aromatic carbocycles. The molecule has 0 spiro atoms. The van der Waals surface area contributed by atoms with Gasteiger partial charge in [0.15, 0.2) is 0 Å². The van der Waals surface area contributed by atoms with E-state index in [1.54, 1.807) is 0 Å². The summed E-state index contributed by atoms with van der Waals surface area (Å²) in [5, 5.41) is 8.62. The molecule has 1 amide bonds. The number of amides is 1. The van der Waals surface area contributed by atoms with Crippen molar-refractivity contribution < 1.29 is 4.79 Å². The highest BCUT2D eigenvalue weighted by molar-refractivity contribution is 5.97. The third-order valence-corrected chi connectivity index (χ3v) is 4.21. The zero-order chi connectivity index (χ0) is 16.9. The number of hydrogen-bond acceptors (Lipinski definition) is 2. The lowest BCUT2D eigenvalue weighted by Gasteiger charge is -2.20. The second-order valence-electron chi connectivity index (χ2n) is 6.07. The van der Waals surface area contributed by atoms with Gasteiger partial charge in [-0.25, -0.2) is 0 Å². The molecule has 3 rings (SSSR count). The van der Waals surface area contributed by atoms with E-state index in [9.17, 15) is 4.79 Å². The van der Waals surface area contributed by atoms with Gasteiger partial charge in [0.25, 0.3) is 0 Å². The Morgan fingerprint density at radius 3 is 2.25 bits per heavy atom. The average Bonchev–Trinajstić information content (AvgIpc) is 2.62. The molecule has 0 unspecified atom stereocenters. The molecule has 24 heavy (non-hydrogen) atoms. The molecule has 0 saturated carbocycles. The van der Waals surface area contributed by atoms with Gasteiger partial charge in [0, 0.05) is 11.7 Å². The van der Waals surface area contributed by atoms with Gasteiger partial charge in [0.1, 0.15) is 0 Å². The van der Waals surface area contributed by atoms with Crippen molar-refractivity contribution >= 4 is 22.4 Å². The number of benzene rings is 3. The van der Waals surface area contributed by atoms with E-state index in [4.69, 9.17) is 0 Å². The lowest BCUT2D eigenvalue weighted by atomic mass is 10.1. The Morgan fingerprint density at radius 1 is 0.833 bits per heavy atom. The molecule has 122 valence electrons. The fourth-order valence-corrected chi connectivity index (χ4v) is 2.81. The van der Waals surface area contributed by atoms with E-state index in [1.807, 2.05) is 61.5 Å². The van der Waals surface area contributed by atoms with Crippen LogP contribution in [0.5, 0.6) is 0 Å². The van der Waals surface area contributed by atoms with Crippen LogP contribution in [0, 0.1) is 0 Å². The first-order valence-corrected chi connectivity index (χ1v) is 8.24. The van der Waals surface area contributed by atoms with Crippen LogP contribution in [0.3, 0.4) is 0 Å². The molecule has 2 N–H and O–H groups in total. The first-order valence-electron chi connectivity index (χ1n) is 8.24. The highest BCUT2D eigenvalue weighted by atomic mass is 16.2. The van der Waals surface area contributed by atoms with Crippen molar-refractivity contribution in [1.29, 1.82) is 0 Å². The zero-order valence-electron chi connectivity index (χ0n) is 14.0. The Balaban J connectivity index is 1.64. The third-order valence-electron chi connectivity index (χ3n) is 4.21. The minimum Gasteiger partial charge on any atom is -0.325 e. The average molecular weight is 318 g/mol. The first-order chi connectivity index (χ1) is 11.6. The van der Waals surface area contributed by atoms with Crippen LogP contribution in [0.15, 0.2) is 72.8 Å². The molecule has 0 heterocycles. The van der Waals surface area contributed by atoms with Crippen LogP contribution in [-0.4, -0.2) is 11.9 Å². The summed E-state index contributed by atoms with van der Waals surface area (Å²) in [7, 11) is 0. The van der Waals surface area contributed by atoms with Gasteiger partial charge in [0.05, 0.1) is 6.04 Å². The minimum absolute atomic E-state index is 0.0342. The Kier molecular flexibility index (Phi) is 4.92. The molecule has 2 atom stereocenters. The number of carbonyl (C=O) groups excluding carboxylic acids is 1. The predicted octanol–water partition coefficient (Wildman–Crippen LogP) is 4.52. The molecule has 0 bridgehead atoms. The van der Waals surface area contributed by atoms with Crippen molar-refractivity contribution in [3.63, 3.8) is 0 Å². The van der Waals surface area contributed by atoms with Gasteiger partial charge in [-0.15, -0.1) is 0 Å². The summed E-state index contributed by atoms with van der Waals surface area (Å²) in [6.07, 6.45) is 0. The molecule has 3 aromatic rings. The van der Waals surface area contributed by atoms with Crippen molar-refractivity contribution in [3.05, 3.63) is 78.4 Å². The number of rotatable bonds is 5. The summed E-state index contributed by atoms with van der Waals surface area (Å²) in [4.78, 5) is 12.4. The summed E-state index contributed by atoms with van der Waals surface area (Å²) >= 11 is 0. The molecule has 0 saturated heterocycles. The van der Waals surface area contributed by atoms with Gasteiger partial charge >= 0.3 is 0 Å². The van der Waals surface area contributed by atoms with E-state index < -0.39 is 0 Å². The first kappa shape index (κ1) is 16.2. The third kappa shape index (κ3) is 3.81. The monoisotopic (exact) mass is 318 g/mol. The van der Waals surface area contributed by atoms with Crippen molar-refractivity contribution in [3.8, 4) is 0 Å². The van der Waals surface area contributed by atoms with Crippen LogP contribution in [0.4, 0.5) is 5.69 Å². The van der Waals surface area contributed by atoms with E-state index in [-0.39, 0.29) is 18.0 Å². The van der Waals surface area contributed by atoms with E-state index in [0.29, 0.717) is 0 Å². The van der Waals surface area contributed by atoms with Crippen molar-refractivity contribution in [1.82, 2.24) is 5.32 Å². The van der Waals surface area contributed by atoms with E-state index >= 15 is 0 Å². The maximum Gasteiger partial charge on any atom is 0.241 e. The van der Waals surface area contributed by atoms with Crippen molar-refractivity contribution in [2.75, 3.05) is 5.32 Å². The van der Waals surface area contributed by atoms with Crippen molar-refractivity contribution in [2.24, 2.45) is 0 Å². The summed E-state index contributed by atoms with van der Waals surface area (Å²) in [6.45, 7) is 3.95. The van der Waals surface area contributed by atoms with Crippen LogP contribution in [-0.2, 0) is 4.79 Å². The van der Waals surface area contributed by atoms with Gasteiger partial charge in [-0.05, 0) is 42.3 Å². The smallest absolute Gasteiger partial charge is 0.241 e. The Morgan fingerprint density at radius 2 is 1.50 bits per heavy atom. The second kappa shape index (κ2) is 7.28. The van der Waals surface area contributed by atoms with Gasteiger partial charge in [-0.2, -0.15) is 0 Å². The van der Waals surface area contributed by atoms with E-state index in [2.05, 4.69) is 35.8 Å². The van der Waals surface area contributed by atoms with Crippen LogP contribution >= 0.6 is 0 Å². The van der Waals surface area contributed by atoms with E-state index in [0.717, 1.165) is 11.1 Å². The van der Waals surface area contributed by atoms with Crippen LogP contribution < -0.4 is 10.6 Å². The molecule has 3 heteroatoms. The Labute approximate surface area is 142 Å². The van der Waals surface area contributed by atoms with E-state index in [1.165, 1.54) is 10.9 Å². The number of fused-ring (bicyclic) bond motifs is 1. The molecule has 3 nitrogen and oxygen atoms in total. The summed E-state index contributed by atoms with van der Waals surface area (Å²) in [5.41, 5.74) is 1.99. The molecule has 0 radical (unpaired) electrons. The number of carbonyl (C=O) groups is 1. The van der Waals surface area contributed by atoms with Gasteiger partial charge in [-0.3, -0.25) is 10.1 Å². The minimum atomic E-state index is -0.285. The molecule has 0 aliphatic carbocycles. The Bertz CT molecular complexity index is 829. The zero-order valence-corrected chi connectivity index (χ0v) is 14.0. The summed E-state index contributed by atoms with van der Waals surface area (Å²) in [5.74, 6) is -0.0342. The van der Waals surface area contributed by atoms with Crippen LogP contribution in [0.2, 0.25) is 0 Å². The lowest BCUT2D eigenvalue weighted by molar-refractivity contribution is -0.117. The largest absolute Gasteiger partial charge is 0.325 e. The van der Waals surface area contributed by atoms with Gasteiger partial charge in [-0.1, -0.05) is 60.7 Å². The molecular formula is C21H22N2O. The number of hydrogen-bond donors (Lipinski definition) is 2. The van der Waals surface area contributed by atoms with Crippen molar-refractivity contribution in [2.45, 2.75) is 25.9 Å². The molecule has 0 aliphatic rings. The summed E-state index contributed by atoms with van der Waals surface area (Å²) < 4.78 is 0. The highest BCUT2D eigenvalue weighted by Gasteiger charge is 2.16. The quantitative estimate of drug-likeness (QED) is 0.726. The predicted molar refractivity (Wildman–Crippen MR) is 100 cm³/mol. The van der Waals surface area contributed by atoms with Crippen LogP contribution in [0.1, 0.15) is 25.5 Å². The maximum absolute atomic E-state index is 12.4. The fraction of sp³-hybridized carbons (Fsp3) is 0.190. The SMILES string of the molecule is C[C@H](N[C@@H](C)c1ccccc1)C(=O)Nc1ccc2ccccc2c1. The summed E-state index contributed by atoms with van der Waals surface area (Å²) in [6, 6.07) is 24.0. The Hall–Kier alpha value is -2.65. The fourth-order valence-electron chi connectivity index (χ4n) is 2.81. The second-order valence-corrected chi connectivity index (χ2v) is 6.07. The molecule has 0 fully saturated rings. The standard InChI is InChI=1S/C21H22N2O/c1-15(17-8-4-3-5-9-17)22-16(2)21(24)23-20-13-12-18-10-6-7-11-19(18)14-20/h3-16,22H,1-2H3,(H,23,24)/t15-,16-/m0/s1. The lowest BCUT2D eigenvalue weighted by Crippen LogP contribution is -2.39. The molecule has 0 aliphatic heterocycles. The molecule has 0 aromatic heterocycles. The maximum atomic E-state index is 12.4. The van der Waals surface area contributed by atoms with Crippen LogP contribution in [0.25, 0.3) is 10.8 Å². The van der Waals surface area contributed by atoms with Gasteiger partial charge < -0.3 is 5.32 Å².